The van der Waals surface area contributed by atoms with Gasteiger partial charge < -0.3 is 5.32 Å². The number of nitrogens with zero attached hydrogens (tertiary/aromatic N) is 4. The van der Waals surface area contributed by atoms with E-state index in [-0.39, 0.29) is 5.82 Å². The quantitative estimate of drug-likeness (QED) is 0.778. The van der Waals surface area contributed by atoms with Crippen molar-refractivity contribution in [3.05, 3.63) is 71.9 Å². The topological polar surface area (TPSA) is 55.6 Å². The first-order valence-electron chi connectivity index (χ1n) is 7.18. The maximum atomic E-state index is 12.7. The van der Waals surface area contributed by atoms with Crippen LogP contribution in [0, 0.1) is 0 Å². The molecule has 0 aliphatic carbocycles. The van der Waals surface area contributed by atoms with Crippen molar-refractivity contribution >= 4 is 5.82 Å². The Bertz CT molecular complexity index is 799. The van der Waals surface area contributed by atoms with Gasteiger partial charge in [0.15, 0.2) is 0 Å². The van der Waals surface area contributed by atoms with Crippen LogP contribution < -0.4 is 5.32 Å². The summed E-state index contributed by atoms with van der Waals surface area (Å²) >= 11 is 0. The van der Waals surface area contributed by atoms with Crippen molar-refractivity contribution in [1.82, 2.24) is 19.7 Å². The molecule has 124 valence electrons. The van der Waals surface area contributed by atoms with Gasteiger partial charge in [-0.1, -0.05) is 24.3 Å². The van der Waals surface area contributed by atoms with Gasteiger partial charge in [0.25, 0.3) is 0 Å². The number of hydrogen-bond acceptors (Lipinski definition) is 4. The zero-order chi connectivity index (χ0) is 17.0. The predicted octanol–water partition coefficient (Wildman–Crippen LogP) is 3.35. The lowest BCUT2D eigenvalue weighted by Gasteiger charge is -2.10. The van der Waals surface area contributed by atoms with Gasteiger partial charge in [0.2, 0.25) is 0 Å². The second-order valence-electron chi connectivity index (χ2n) is 5.19. The van der Waals surface area contributed by atoms with Gasteiger partial charge >= 0.3 is 6.18 Å². The molecule has 3 rings (SSSR count). The van der Waals surface area contributed by atoms with Crippen molar-refractivity contribution in [3.63, 3.8) is 0 Å². The molecule has 24 heavy (non-hydrogen) atoms. The zero-order valence-corrected chi connectivity index (χ0v) is 12.5. The summed E-state index contributed by atoms with van der Waals surface area (Å²) in [4.78, 5) is 7.80. The lowest BCUT2D eigenvalue weighted by Crippen LogP contribution is -2.08. The molecular weight excluding hydrogens is 319 g/mol. The zero-order valence-electron chi connectivity index (χ0n) is 12.5. The molecular formula is C16H14F3N5. The molecule has 3 aromatic rings. The van der Waals surface area contributed by atoms with Gasteiger partial charge in [-0.25, -0.2) is 14.6 Å². The highest BCUT2D eigenvalue weighted by atomic mass is 19.4. The number of halogens is 3. The van der Waals surface area contributed by atoms with E-state index in [0.29, 0.717) is 13.1 Å². The third kappa shape index (κ3) is 4.09. The molecule has 8 heteroatoms. The van der Waals surface area contributed by atoms with E-state index in [4.69, 9.17) is 0 Å². The minimum Gasteiger partial charge on any atom is -0.366 e. The fourth-order valence-corrected chi connectivity index (χ4v) is 2.24. The summed E-state index contributed by atoms with van der Waals surface area (Å²) in [5.41, 5.74) is 1.24. The monoisotopic (exact) mass is 333 g/mol. The van der Waals surface area contributed by atoms with Gasteiger partial charge in [0.1, 0.15) is 18.5 Å². The fourth-order valence-electron chi connectivity index (χ4n) is 2.24. The first-order valence-corrected chi connectivity index (χ1v) is 7.18. The molecule has 2 heterocycles. The van der Waals surface area contributed by atoms with Gasteiger partial charge in [-0.05, 0) is 23.3 Å². The second kappa shape index (κ2) is 6.69. The predicted molar refractivity (Wildman–Crippen MR) is 82.1 cm³/mol. The largest absolute Gasteiger partial charge is 0.416 e. The molecule has 0 bridgehead atoms. The third-order valence-corrected chi connectivity index (χ3v) is 3.36. The van der Waals surface area contributed by atoms with Crippen LogP contribution in [0.4, 0.5) is 19.0 Å². The number of aromatic nitrogens is 4. The van der Waals surface area contributed by atoms with E-state index in [9.17, 15) is 13.2 Å². The number of pyridine rings is 1. The van der Waals surface area contributed by atoms with Gasteiger partial charge in [0, 0.05) is 12.7 Å². The molecule has 5 nitrogen and oxygen atoms in total. The van der Waals surface area contributed by atoms with Crippen LogP contribution in [0.3, 0.4) is 0 Å². The standard InChI is InChI=1S/C16H14F3N5/c17-16(18,19)14-4-5-21-15(7-14)22-8-12-2-1-3-13(6-12)9-24-11-20-10-23-24/h1-7,10-11H,8-9H2,(H,21,22). The van der Waals surface area contributed by atoms with Crippen molar-refractivity contribution in [1.29, 1.82) is 0 Å². The Balaban J connectivity index is 1.66. The minimum atomic E-state index is -4.38. The molecule has 0 radical (unpaired) electrons. The second-order valence-corrected chi connectivity index (χ2v) is 5.19. The molecule has 2 aromatic heterocycles. The van der Waals surface area contributed by atoms with Crippen molar-refractivity contribution < 1.29 is 13.2 Å². The van der Waals surface area contributed by atoms with Crippen molar-refractivity contribution in [3.8, 4) is 0 Å². The van der Waals surface area contributed by atoms with Gasteiger partial charge in [-0.3, -0.25) is 0 Å². The Labute approximate surface area is 136 Å². The van der Waals surface area contributed by atoms with E-state index >= 15 is 0 Å². The number of benzene rings is 1. The van der Waals surface area contributed by atoms with Crippen LogP contribution in [0.15, 0.2) is 55.2 Å². The normalized spacial score (nSPS) is 11.5. The molecule has 1 N–H and O–H groups in total. The number of nitrogens with one attached hydrogen (secondary N) is 1. The van der Waals surface area contributed by atoms with Gasteiger partial charge in [0.05, 0.1) is 12.1 Å². The number of hydrogen-bond donors (Lipinski definition) is 1. The van der Waals surface area contributed by atoms with Crippen LogP contribution in [0.2, 0.25) is 0 Å². The molecule has 0 spiro atoms. The Morgan fingerprint density at radius 1 is 1.08 bits per heavy atom. The van der Waals surface area contributed by atoms with Crippen molar-refractivity contribution in [2.24, 2.45) is 0 Å². The Kier molecular flexibility index (Phi) is 4.45. The summed E-state index contributed by atoms with van der Waals surface area (Å²) in [7, 11) is 0. The van der Waals surface area contributed by atoms with E-state index in [0.717, 1.165) is 29.5 Å². The van der Waals surface area contributed by atoms with Crippen LogP contribution in [-0.4, -0.2) is 19.7 Å². The molecule has 0 amide bonds. The maximum Gasteiger partial charge on any atom is 0.416 e. The van der Waals surface area contributed by atoms with E-state index < -0.39 is 11.7 Å². The summed E-state index contributed by atoms with van der Waals surface area (Å²) in [5.74, 6) is 0.187. The summed E-state index contributed by atoms with van der Waals surface area (Å²) in [5, 5.41) is 6.95. The van der Waals surface area contributed by atoms with E-state index in [1.807, 2.05) is 24.3 Å². The summed E-state index contributed by atoms with van der Waals surface area (Å²) in [6.07, 6.45) is -0.147. The Morgan fingerprint density at radius 3 is 2.67 bits per heavy atom. The average Bonchev–Trinajstić information content (AvgIpc) is 3.06. The molecule has 0 fully saturated rings. The average molecular weight is 333 g/mol. The van der Waals surface area contributed by atoms with Crippen molar-refractivity contribution in [2.45, 2.75) is 19.3 Å². The van der Waals surface area contributed by atoms with Crippen LogP contribution in [0.25, 0.3) is 0 Å². The Hall–Kier alpha value is -2.90. The van der Waals surface area contributed by atoms with Crippen molar-refractivity contribution in [2.75, 3.05) is 5.32 Å². The lowest BCUT2D eigenvalue weighted by molar-refractivity contribution is -0.137. The molecule has 0 saturated carbocycles. The maximum absolute atomic E-state index is 12.7. The highest BCUT2D eigenvalue weighted by molar-refractivity contribution is 5.39. The van der Waals surface area contributed by atoms with Gasteiger partial charge in [-0.2, -0.15) is 18.3 Å². The molecule has 0 saturated heterocycles. The highest BCUT2D eigenvalue weighted by Crippen LogP contribution is 2.29. The van der Waals surface area contributed by atoms with E-state index in [1.54, 1.807) is 11.0 Å². The third-order valence-electron chi connectivity index (χ3n) is 3.36. The van der Waals surface area contributed by atoms with Crippen LogP contribution >= 0.6 is 0 Å². The summed E-state index contributed by atoms with van der Waals surface area (Å²) in [6.45, 7) is 0.954. The summed E-state index contributed by atoms with van der Waals surface area (Å²) < 4.78 is 39.8. The summed E-state index contributed by atoms with van der Waals surface area (Å²) in [6, 6.07) is 9.65. The van der Waals surface area contributed by atoms with Crippen LogP contribution in [-0.2, 0) is 19.3 Å². The molecule has 0 unspecified atom stereocenters. The lowest BCUT2D eigenvalue weighted by atomic mass is 10.1. The van der Waals surface area contributed by atoms with Crippen LogP contribution in [0.5, 0.6) is 0 Å². The fraction of sp³-hybridized carbons (Fsp3) is 0.188. The van der Waals surface area contributed by atoms with Crippen LogP contribution in [0.1, 0.15) is 16.7 Å². The van der Waals surface area contributed by atoms with E-state index in [1.165, 1.54) is 6.33 Å². The highest BCUT2D eigenvalue weighted by Gasteiger charge is 2.30. The van der Waals surface area contributed by atoms with E-state index in [2.05, 4.69) is 20.4 Å². The molecule has 0 aliphatic heterocycles. The van der Waals surface area contributed by atoms with Gasteiger partial charge in [-0.15, -0.1) is 0 Å². The first-order chi connectivity index (χ1) is 11.5. The minimum absolute atomic E-state index is 0.187. The molecule has 0 aliphatic rings. The first kappa shape index (κ1) is 16.0. The molecule has 1 aromatic carbocycles. The molecule has 0 atom stereocenters. The number of anilines is 1. The smallest absolute Gasteiger partial charge is 0.366 e. The Morgan fingerprint density at radius 2 is 1.92 bits per heavy atom. The number of alkyl halides is 3. The SMILES string of the molecule is FC(F)(F)c1ccnc(NCc2cccc(Cn3cncn3)c2)c1. The number of rotatable bonds is 5.